The van der Waals surface area contributed by atoms with Crippen molar-refractivity contribution in [1.82, 2.24) is 0 Å². The molecule has 0 fully saturated rings. The Morgan fingerprint density at radius 3 is 1.22 bits per heavy atom. The normalized spacial score (nSPS) is 13.7. The summed E-state index contributed by atoms with van der Waals surface area (Å²) in [4.78, 5) is 2.57. The molecule has 0 saturated carbocycles. The lowest BCUT2D eigenvalue weighted by molar-refractivity contribution is 0.766. The predicted molar refractivity (Wildman–Crippen MR) is 261 cm³/mol. The van der Waals surface area contributed by atoms with Crippen molar-refractivity contribution in [1.29, 1.82) is 0 Å². The van der Waals surface area contributed by atoms with E-state index in [1.807, 2.05) is 0 Å². The maximum atomic E-state index is 2.57. The van der Waals surface area contributed by atoms with Gasteiger partial charge in [-0.2, -0.15) is 0 Å². The number of benzene rings is 10. The average Bonchev–Trinajstić information content (AvgIpc) is 3.85. The van der Waals surface area contributed by atoms with Gasteiger partial charge in [-0.05, 0) is 91.0 Å². The Balaban J connectivity index is 1.21. The van der Waals surface area contributed by atoms with Gasteiger partial charge in [0, 0.05) is 16.8 Å². The highest BCUT2D eigenvalue weighted by atomic mass is 15.2. The third kappa shape index (κ3) is 5.43. The van der Waals surface area contributed by atoms with Crippen LogP contribution in [0.15, 0.2) is 261 Å². The zero-order valence-corrected chi connectivity index (χ0v) is 34.8. The van der Waals surface area contributed by atoms with Crippen LogP contribution < -0.4 is 4.90 Å². The molecule has 0 saturated heterocycles. The Morgan fingerprint density at radius 1 is 0.254 bits per heavy atom. The first kappa shape index (κ1) is 36.8. The lowest BCUT2D eigenvalue weighted by Crippen LogP contribution is -2.30. The fraction of sp³-hybridized carbons (Fsp3) is 0.0323. The Bertz CT molecular complexity index is 3170. The highest BCUT2D eigenvalue weighted by Gasteiger charge is 2.50. The van der Waals surface area contributed by atoms with Gasteiger partial charge in [-0.1, -0.05) is 237 Å². The number of hydrogen-bond acceptors (Lipinski definition) is 1. The van der Waals surface area contributed by atoms with Crippen LogP contribution in [0.2, 0.25) is 0 Å². The van der Waals surface area contributed by atoms with Gasteiger partial charge in [-0.15, -0.1) is 0 Å². The molecule has 12 rings (SSSR count). The van der Waals surface area contributed by atoms with Crippen LogP contribution in [0.3, 0.4) is 0 Å². The van der Waals surface area contributed by atoms with E-state index in [2.05, 4.69) is 266 Å². The van der Waals surface area contributed by atoms with E-state index in [4.69, 9.17) is 0 Å². The van der Waals surface area contributed by atoms with Crippen LogP contribution in [0, 0.1) is 0 Å². The highest BCUT2D eigenvalue weighted by molar-refractivity contribution is 6.00. The molecule has 0 radical (unpaired) electrons. The van der Waals surface area contributed by atoms with Crippen LogP contribution in [-0.2, 0) is 10.8 Å². The molecule has 0 spiro atoms. The molecule has 1 nitrogen and oxygen atoms in total. The van der Waals surface area contributed by atoms with Crippen LogP contribution in [0.4, 0.5) is 17.1 Å². The summed E-state index contributed by atoms with van der Waals surface area (Å²) in [5.74, 6) is 0. The minimum Gasteiger partial charge on any atom is -0.310 e. The van der Waals surface area contributed by atoms with E-state index >= 15 is 0 Å². The first-order chi connectivity index (χ1) is 31.3. The van der Waals surface area contributed by atoms with Crippen LogP contribution in [0.25, 0.3) is 33.4 Å². The molecule has 1 heteroatoms. The largest absolute Gasteiger partial charge is 0.310 e. The van der Waals surface area contributed by atoms with E-state index in [0.29, 0.717) is 0 Å². The molecule has 0 amide bonds. The molecule has 0 atom stereocenters. The van der Waals surface area contributed by atoms with E-state index in [0.717, 1.165) is 17.1 Å². The third-order valence-corrected chi connectivity index (χ3v) is 13.6. The zero-order valence-electron chi connectivity index (χ0n) is 34.8. The molecule has 0 aromatic heterocycles. The number of anilines is 3. The van der Waals surface area contributed by atoms with E-state index < -0.39 is 10.8 Å². The van der Waals surface area contributed by atoms with Crippen LogP contribution >= 0.6 is 0 Å². The minimum atomic E-state index is -0.610. The van der Waals surface area contributed by atoms with Crippen LogP contribution in [0.1, 0.15) is 44.5 Å². The number of nitrogens with zero attached hydrogens (tertiary/aromatic N) is 1. The standard InChI is InChI=1S/C62H43N/c1-6-22-44(23-7-1)45-40-42-50(43-41-45)63(57-38-21-37-56-59(57)53-33-17-19-36-55(53)61(56,46-24-8-2-9-25-46)47-26-10-3-11-27-47)58-39-20-34-52-51-32-16-18-35-54(51)62(60(52)58,48-28-12-4-13-29-48)49-30-14-5-15-31-49/h1-43H. The van der Waals surface area contributed by atoms with E-state index in [9.17, 15) is 0 Å². The maximum Gasteiger partial charge on any atom is 0.0734 e. The lowest BCUT2D eigenvalue weighted by Gasteiger charge is -2.38. The van der Waals surface area contributed by atoms with Crippen molar-refractivity contribution in [3.05, 3.63) is 305 Å². The molecule has 2 aliphatic rings. The Kier molecular flexibility index (Phi) is 8.69. The van der Waals surface area contributed by atoms with Crippen molar-refractivity contribution in [3.8, 4) is 33.4 Å². The smallest absolute Gasteiger partial charge is 0.0734 e. The molecule has 0 unspecified atom stereocenters. The quantitative estimate of drug-likeness (QED) is 0.148. The topological polar surface area (TPSA) is 3.24 Å². The predicted octanol–water partition coefficient (Wildman–Crippen LogP) is 15.5. The van der Waals surface area contributed by atoms with E-state index in [-0.39, 0.29) is 0 Å². The van der Waals surface area contributed by atoms with Crippen molar-refractivity contribution in [2.24, 2.45) is 0 Å². The lowest BCUT2D eigenvalue weighted by atomic mass is 9.67. The van der Waals surface area contributed by atoms with Crippen LogP contribution in [-0.4, -0.2) is 0 Å². The first-order valence-electron chi connectivity index (χ1n) is 21.9. The molecule has 0 bridgehead atoms. The van der Waals surface area contributed by atoms with Crippen molar-refractivity contribution in [3.63, 3.8) is 0 Å². The second-order valence-corrected chi connectivity index (χ2v) is 16.7. The number of rotatable bonds is 8. The monoisotopic (exact) mass is 801 g/mol. The van der Waals surface area contributed by atoms with E-state index in [1.165, 1.54) is 77.9 Å². The third-order valence-electron chi connectivity index (χ3n) is 13.6. The minimum absolute atomic E-state index is 0.542. The van der Waals surface area contributed by atoms with Gasteiger partial charge in [0.1, 0.15) is 0 Å². The van der Waals surface area contributed by atoms with Gasteiger partial charge >= 0.3 is 0 Å². The molecule has 63 heavy (non-hydrogen) atoms. The molecule has 296 valence electrons. The van der Waals surface area contributed by atoms with Gasteiger partial charge in [0.05, 0.1) is 22.2 Å². The second kappa shape index (κ2) is 14.9. The second-order valence-electron chi connectivity index (χ2n) is 16.7. The molecule has 0 N–H and O–H groups in total. The van der Waals surface area contributed by atoms with E-state index in [1.54, 1.807) is 0 Å². The molecule has 10 aromatic carbocycles. The fourth-order valence-electron chi connectivity index (χ4n) is 11.2. The summed E-state index contributed by atoms with van der Waals surface area (Å²) in [7, 11) is 0. The number of hydrogen-bond donors (Lipinski definition) is 0. The molecule has 10 aromatic rings. The average molecular weight is 802 g/mol. The highest BCUT2D eigenvalue weighted by Crippen LogP contribution is 2.63. The summed E-state index contributed by atoms with van der Waals surface area (Å²) < 4.78 is 0. The van der Waals surface area contributed by atoms with Gasteiger partial charge in [-0.25, -0.2) is 0 Å². The summed E-state index contributed by atoms with van der Waals surface area (Å²) in [5, 5.41) is 0. The zero-order chi connectivity index (χ0) is 41.8. The molecular formula is C62H43N. The van der Waals surface area contributed by atoms with Gasteiger partial charge in [0.25, 0.3) is 0 Å². The first-order valence-corrected chi connectivity index (χ1v) is 21.9. The maximum absolute atomic E-state index is 2.57. The fourth-order valence-corrected chi connectivity index (χ4v) is 11.2. The summed E-state index contributed by atoms with van der Waals surface area (Å²) in [5.41, 5.74) is 19.7. The van der Waals surface area contributed by atoms with Gasteiger partial charge in [0.2, 0.25) is 0 Å². The summed E-state index contributed by atoms with van der Waals surface area (Å²) >= 11 is 0. The summed E-state index contributed by atoms with van der Waals surface area (Å²) in [6.45, 7) is 0. The molecular weight excluding hydrogens is 759 g/mol. The van der Waals surface area contributed by atoms with Crippen LogP contribution in [0.5, 0.6) is 0 Å². The summed E-state index contributed by atoms with van der Waals surface area (Å²) in [6.07, 6.45) is 0. The SMILES string of the molecule is c1ccc(-c2ccc(N(c3cccc4c3-c3ccccc3C4(c3ccccc3)c3ccccc3)c3cccc4c3C(c3ccccc3)(c3ccccc3)c3ccccc3-4)cc2)cc1. The molecule has 2 aliphatic carbocycles. The Morgan fingerprint density at radius 2 is 0.651 bits per heavy atom. The van der Waals surface area contributed by atoms with Gasteiger partial charge in [0.15, 0.2) is 0 Å². The van der Waals surface area contributed by atoms with Crippen molar-refractivity contribution < 1.29 is 0 Å². The Labute approximate surface area is 369 Å². The van der Waals surface area contributed by atoms with Crippen molar-refractivity contribution in [2.75, 3.05) is 4.90 Å². The molecule has 0 heterocycles. The number of fused-ring (bicyclic) bond motifs is 6. The van der Waals surface area contributed by atoms with Gasteiger partial charge in [-0.3, -0.25) is 0 Å². The molecule has 0 aliphatic heterocycles. The van der Waals surface area contributed by atoms with Crippen molar-refractivity contribution >= 4 is 17.1 Å². The Hall–Kier alpha value is -8.00. The summed E-state index contributed by atoms with van der Waals surface area (Å²) in [6, 6.07) is 96.5. The van der Waals surface area contributed by atoms with Crippen molar-refractivity contribution in [2.45, 2.75) is 10.8 Å². The van der Waals surface area contributed by atoms with Gasteiger partial charge < -0.3 is 4.90 Å².